The minimum Gasteiger partial charge on any atom is -0.391 e. The van der Waals surface area contributed by atoms with E-state index in [1.165, 1.54) is 19.1 Å². The van der Waals surface area contributed by atoms with Gasteiger partial charge < -0.3 is 10.2 Å². The molecule has 188 valence electrons. The topological polar surface area (TPSA) is 148 Å². The van der Waals surface area contributed by atoms with Gasteiger partial charge in [0.25, 0.3) is 0 Å². The standard InChI is InChI=1S/C21H20F4N4O5S/c1-9-4-6-14(22)16(10(9)2)11(3)17(19-27-28-20(31)34-19)29-35(32,33)15-7-5-12(21(23,24)25)8-13(15)18(26)30/h4-8,11,17,29H,1-3H3,(H2,26,30)(H,28,31). The van der Waals surface area contributed by atoms with Crippen LogP contribution < -0.4 is 16.2 Å². The van der Waals surface area contributed by atoms with Crippen LogP contribution >= 0.6 is 0 Å². The van der Waals surface area contributed by atoms with Crippen molar-refractivity contribution in [1.82, 2.24) is 14.9 Å². The smallest absolute Gasteiger partial charge is 0.391 e. The van der Waals surface area contributed by atoms with Crippen LogP contribution in [0.1, 0.15) is 57.4 Å². The quantitative estimate of drug-likeness (QED) is 0.411. The number of benzene rings is 2. The third kappa shape index (κ3) is 5.27. The van der Waals surface area contributed by atoms with E-state index in [0.29, 0.717) is 29.3 Å². The Labute approximate surface area is 196 Å². The van der Waals surface area contributed by atoms with Crippen LogP contribution in [0.5, 0.6) is 0 Å². The first-order chi connectivity index (χ1) is 16.1. The van der Waals surface area contributed by atoms with E-state index in [1.54, 1.807) is 13.8 Å². The van der Waals surface area contributed by atoms with Crippen molar-refractivity contribution < 1.29 is 35.2 Å². The summed E-state index contributed by atoms with van der Waals surface area (Å²) < 4.78 is 87.6. The lowest BCUT2D eigenvalue weighted by Gasteiger charge is -2.25. The Balaban J connectivity index is 2.15. The summed E-state index contributed by atoms with van der Waals surface area (Å²) >= 11 is 0. The highest BCUT2D eigenvalue weighted by molar-refractivity contribution is 7.89. The number of nitrogens with one attached hydrogen (secondary N) is 2. The molecule has 0 bridgehead atoms. The molecule has 0 aliphatic rings. The van der Waals surface area contributed by atoms with Crippen molar-refractivity contribution >= 4 is 15.9 Å². The summed E-state index contributed by atoms with van der Waals surface area (Å²) in [6.45, 7) is 4.76. The second-order valence-electron chi connectivity index (χ2n) is 7.81. The Bertz CT molecular complexity index is 1450. The van der Waals surface area contributed by atoms with Crippen LogP contribution in [0.25, 0.3) is 0 Å². The Kier molecular flexibility index (Phi) is 6.90. The van der Waals surface area contributed by atoms with Gasteiger partial charge in [0.1, 0.15) is 11.9 Å². The summed E-state index contributed by atoms with van der Waals surface area (Å²) in [5.74, 6) is -4.60. The number of halogens is 4. The molecule has 0 aliphatic carbocycles. The molecule has 4 N–H and O–H groups in total. The molecule has 2 atom stereocenters. The number of primary amides is 1. The van der Waals surface area contributed by atoms with Gasteiger partial charge in [-0.3, -0.25) is 4.79 Å². The SMILES string of the molecule is Cc1ccc(F)c(C(C)C(NS(=O)(=O)c2ccc(C(F)(F)F)cc2C(N)=O)c2n[nH]c(=O)o2)c1C. The second kappa shape index (κ2) is 9.26. The van der Waals surface area contributed by atoms with Crippen LogP contribution in [-0.2, 0) is 16.2 Å². The van der Waals surface area contributed by atoms with Gasteiger partial charge in [0.15, 0.2) is 0 Å². The highest BCUT2D eigenvalue weighted by Gasteiger charge is 2.36. The van der Waals surface area contributed by atoms with Crippen molar-refractivity contribution in [2.24, 2.45) is 5.73 Å². The summed E-state index contributed by atoms with van der Waals surface area (Å²) in [5, 5.41) is 5.61. The number of hydrogen-bond acceptors (Lipinski definition) is 6. The van der Waals surface area contributed by atoms with E-state index < -0.39 is 67.6 Å². The molecule has 0 saturated carbocycles. The average molecular weight is 516 g/mol. The summed E-state index contributed by atoms with van der Waals surface area (Å²) in [6, 6.07) is 2.56. The number of nitrogens with zero attached hydrogens (tertiary/aromatic N) is 1. The summed E-state index contributed by atoms with van der Waals surface area (Å²) in [7, 11) is -4.78. The van der Waals surface area contributed by atoms with Gasteiger partial charge >= 0.3 is 11.9 Å². The van der Waals surface area contributed by atoms with E-state index in [9.17, 15) is 35.6 Å². The van der Waals surface area contributed by atoms with E-state index in [0.717, 1.165) is 0 Å². The fraction of sp³-hybridized carbons (Fsp3) is 0.286. The van der Waals surface area contributed by atoms with Crippen LogP contribution in [0.4, 0.5) is 17.6 Å². The van der Waals surface area contributed by atoms with Crippen molar-refractivity contribution in [3.63, 3.8) is 0 Å². The molecule has 3 aromatic rings. The Morgan fingerprint density at radius 1 is 1.20 bits per heavy atom. The molecule has 3 rings (SSSR count). The lowest BCUT2D eigenvalue weighted by atomic mass is 9.88. The van der Waals surface area contributed by atoms with Crippen LogP contribution in [0.2, 0.25) is 0 Å². The van der Waals surface area contributed by atoms with Gasteiger partial charge in [-0.2, -0.15) is 17.9 Å². The zero-order chi connectivity index (χ0) is 26.3. The van der Waals surface area contributed by atoms with Gasteiger partial charge in [-0.25, -0.2) is 22.7 Å². The number of alkyl halides is 3. The van der Waals surface area contributed by atoms with Crippen LogP contribution in [-0.4, -0.2) is 24.5 Å². The third-order valence-corrected chi connectivity index (χ3v) is 7.05. The summed E-state index contributed by atoms with van der Waals surface area (Å²) in [4.78, 5) is 22.5. The molecule has 35 heavy (non-hydrogen) atoms. The van der Waals surface area contributed by atoms with E-state index in [-0.39, 0.29) is 5.56 Å². The zero-order valence-corrected chi connectivity index (χ0v) is 19.3. The van der Waals surface area contributed by atoms with Gasteiger partial charge in [-0.1, -0.05) is 13.0 Å². The van der Waals surface area contributed by atoms with Crippen molar-refractivity contribution in [3.05, 3.63) is 80.4 Å². The monoisotopic (exact) mass is 516 g/mol. The minimum absolute atomic E-state index is 0.0888. The number of aryl methyl sites for hydroxylation is 1. The number of aromatic amines is 1. The fourth-order valence-electron chi connectivity index (χ4n) is 3.63. The average Bonchev–Trinajstić information content (AvgIpc) is 3.19. The molecule has 0 spiro atoms. The Morgan fingerprint density at radius 2 is 1.86 bits per heavy atom. The Morgan fingerprint density at radius 3 is 2.40 bits per heavy atom. The molecule has 14 heteroatoms. The van der Waals surface area contributed by atoms with E-state index in [1.807, 2.05) is 5.10 Å². The number of sulfonamides is 1. The molecule has 1 heterocycles. The lowest BCUT2D eigenvalue weighted by Crippen LogP contribution is -2.34. The third-order valence-electron chi connectivity index (χ3n) is 5.55. The van der Waals surface area contributed by atoms with Gasteiger partial charge in [0.05, 0.1) is 16.0 Å². The number of amides is 1. The van der Waals surface area contributed by atoms with E-state index >= 15 is 0 Å². The molecule has 1 aromatic heterocycles. The number of nitrogens with two attached hydrogens (primary N) is 1. The van der Waals surface area contributed by atoms with Gasteiger partial charge in [-0.15, -0.1) is 5.10 Å². The number of H-pyrrole nitrogens is 1. The molecule has 0 radical (unpaired) electrons. The van der Waals surface area contributed by atoms with Gasteiger partial charge in [-0.05, 0) is 54.8 Å². The predicted octanol–water partition coefficient (Wildman–Crippen LogP) is 3.06. The largest absolute Gasteiger partial charge is 0.434 e. The molecule has 9 nitrogen and oxygen atoms in total. The Hall–Kier alpha value is -3.52. The maximum atomic E-state index is 14.8. The number of aromatic nitrogens is 2. The molecular weight excluding hydrogens is 496 g/mol. The van der Waals surface area contributed by atoms with Gasteiger partial charge in [0, 0.05) is 5.92 Å². The van der Waals surface area contributed by atoms with Crippen molar-refractivity contribution in [2.75, 3.05) is 0 Å². The summed E-state index contributed by atoms with van der Waals surface area (Å²) in [5.41, 5.74) is 4.22. The molecule has 1 amide bonds. The molecule has 0 fully saturated rings. The van der Waals surface area contributed by atoms with Crippen molar-refractivity contribution in [1.29, 1.82) is 0 Å². The molecule has 2 aromatic carbocycles. The van der Waals surface area contributed by atoms with E-state index in [4.69, 9.17) is 10.2 Å². The van der Waals surface area contributed by atoms with Crippen molar-refractivity contribution in [3.8, 4) is 0 Å². The number of rotatable bonds is 7. The number of hydrogen-bond donors (Lipinski definition) is 3. The first kappa shape index (κ1) is 26.1. The molecule has 2 unspecified atom stereocenters. The second-order valence-corrected chi connectivity index (χ2v) is 9.50. The van der Waals surface area contributed by atoms with Crippen LogP contribution in [0.3, 0.4) is 0 Å². The fourth-order valence-corrected chi connectivity index (χ4v) is 5.10. The first-order valence-electron chi connectivity index (χ1n) is 9.98. The lowest BCUT2D eigenvalue weighted by molar-refractivity contribution is -0.137. The van der Waals surface area contributed by atoms with Crippen LogP contribution in [0, 0.1) is 19.7 Å². The predicted molar refractivity (Wildman–Crippen MR) is 114 cm³/mol. The zero-order valence-electron chi connectivity index (χ0n) is 18.5. The first-order valence-corrected chi connectivity index (χ1v) is 11.5. The maximum absolute atomic E-state index is 14.8. The normalized spacial score (nSPS) is 14.0. The minimum atomic E-state index is -4.87. The number of carbonyl (C=O) groups is 1. The number of carbonyl (C=O) groups excluding carboxylic acids is 1. The summed E-state index contributed by atoms with van der Waals surface area (Å²) in [6.07, 6.45) is -4.87. The molecular formula is C21H20F4N4O5S. The van der Waals surface area contributed by atoms with Crippen LogP contribution in [0.15, 0.2) is 44.4 Å². The molecule has 0 saturated heterocycles. The van der Waals surface area contributed by atoms with Crippen molar-refractivity contribution in [2.45, 2.75) is 43.8 Å². The van der Waals surface area contributed by atoms with Gasteiger partial charge in [0.2, 0.25) is 21.8 Å². The maximum Gasteiger partial charge on any atom is 0.434 e. The highest BCUT2D eigenvalue weighted by atomic mass is 32.2. The molecule has 0 aliphatic heterocycles. The highest BCUT2D eigenvalue weighted by Crippen LogP contribution is 2.36. The van der Waals surface area contributed by atoms with E-state index in [2.05, 4.69) is 9.82 Å².